The molecule has 2 heterocycles. The van der Waals surface area contributed by atoms with Crippen LogP contribution in [0.5, 0.6) is 0 Å². The summed E-state index contributed by atoms with van der Waals surface area (Å²) in [7, 11) is -6.94. The number of anilines is 1. The van der Waals surface area contributed by atoms with Crippen LogP contribution in [0, 0.1) is 0 Å². The molecule has 0 bridgehead atoms. The molecule has 1 saturated heterocycles. The van der Waals surface area contributed by atoms with Crippen LogP contribution in [0.3, 0.4) is 0 Å². The average molecular weight is 266 g/mol. The second-order valence-corrected chi connectivity index (χ2v) is 7.70. The van der Waals surface area contributed by atoms with Crippen LogP contribution in [0.15, 0.2) is 6.33 Å². The molecule has 0 amide bonds. The Morgan fingerprint density at radius 1 is 1.50 bits per heavy atom. The minimum Gasteiger partial charge on any atom is -0.251 e. The zero-order chi connectivity index (χ0) is 11.8. The first kappa shape index (κ1) is 11.3. The summed E-state index contributed by atoms with van der Waals surface area (Å²) in [6.07, 6.45) is 1.27. The fourth-order valence-electron chi connectivity index (χ4n) is 1.48. The Morgan fingerprint density at radius 3 is 2.75 bits per heavy atom. The molecule has 1 aromatic heterocycles. The van der Waals surface area contributed by atoms with Crippen molar-refractivity contribution in [2.24, 2.45) is 0 Å². The summed E-state index contributed by atoms with van der Waals surface area (Å²) in [6.45, 7) is 0. The zero-order valence-corrected chi connectivity index (χ0v) is 9.75. The van der Waals surface area contributed by atoms with E-state index in [2.05, 4.69) is 19.9 Å². The first-order valence-electron chi connectivity index (χ1n) is 4.46. The molecule has 1 fully saturated rings. The first-order valence-corrected chi connectivity index (χ1v) is 7.83. The van der Waals surface area contributed by atoms with E-state index in [9.17, 15) is 16.8 Å². The van der Waals surface area contributed by atoms with E-state index in [1.807, 2.05) is 0 Å². The van der Waals surface area contributed by atoms with E-state index in [-0.39, 0.29) is 23.9 Å². The van der Waals surface area contributed by atoms with E-state index in [1.54, 1.807) is 0 Å². The average Bonchev–Trinajstić information content (AvgIpc) is 2.74. The Hall–Kier alpha value is -1.16. The molecule has 16 heavy (non-hydrogen) atoms. The molecule has 1 aliphatic rings. The number of aromatic nitrogens is 3. The fourth-order valence-corrected chi connectivity index (χ4v) is 5.47. The Labute approximate surface area is 92.4 Å². The summed E-state index contributed by atoms with van der Waals surface area (Å²) in [5, 5.41) is 4.90. The van der Waals surface area contributed by atoms with Gasteiger partial charge in [-0.25, -0.2) is 21.9 Å². The summed E-state index contributed by atoms with van der Waals surface area (Å²) in [5.41, 5.74) is 0. The topological polar surface area (TPSA) is 122 Å². The Balaban J connectivity index is 2.15. The van der Waals surface area contributed by atoms with E-state index in [1.165, 1.54) is 0 Å². The van der Waals surface area contributed by atoms with Gasteiger partial charge in [0.15, 0.2) is 9.84 Å². The van der Waals surface area contributed by atoms with Crippen molar-refractivity contribution in [3.05, 3.63) is 6.33 Å². The second kappa shape index (κ2) is 3.70. The molecular weight excluding hydrogens is 256 g/mol. The minimum atomic E-state index is -3.72. The molecule has 1 unspecified atom stereocenters. The molecule has 8 nitrogen and oxygen atoms in total. The predicted molar refractivity (Wildman–Crippen MR) is 56.0 cm³/mol. The Bertz CT molecular complexity index is 562. The number of sulfone groups is 1. The molecule has 0 aromatic carbocycles. The van der Waals surface area contributed by atoms with Crippen molar-refractivity contribution in [2.75, 3.05) is 16.2 Å². The summed E-state index contributed by atoms with van der Waals surface area (Å²) in [4.78, 5) is 3.60. The largest absolute Gasteiger partial charge is 0.251 e. The molecule has 0 aliphatic carbocycles. The highest BCUT2D eigenvalue weighted by atomic mass is 32.2. The lowest BCUT2D eigenvalue weighted by atomic mass is 10.4. The van der Waals surface area contributed by atoms with Crippen LogP contribution in [-0.2, 0) is 19.9 Å². The summed E-state index contributed by atoms with van der Waals surface area (Å²) in [6, 6.07) is 0. The molecule has 0 radical (unpaired) electrons. The fraction of sp³-hybridized carbons (Fsp3) is 0.667. The van der Waals surface area contributed by atoms with Crippen LogP contribution >= 0.6 is 0 Å². The van der Waals surface area contributed by atoms with E-state index in [4.69, 9.17) is 0 Å². The summed E-state index contributed by atoms with van der Waals surface area (Å²) in [5.74, 6) is -0.435. The van der Waals surface area contributed by atoms with Crippen molar-refractivity contribution in [3.8, 4) is 0 Å². The smallest absolute Gasteiger partial charge is 0.238 e. The third-order valence-electron chi connectivity index (χ3n) is 2.28. The maximum atomic E-state index is 11.7. The van der Waals surface area contributed by atoms with Crippen LogP contribution < -0.4 is 4.72 Å². The Kier molecular flexibility index (Phi) is 2.62. The monoisotopic (exact) mass is 266 g/mol. The predicted octanol–water partition coefficient (Wildman–Crippen LogP) is -1.27. The number of H-pyrrole nitrogens is 1. The van der Waals surface area contributed by atoms with Crippen molar-refractivity contribution in [1.29, 1.82) is 0 Å². The standard InChI is InChI=1S/C6H10N4O4S2/c11-15(12)2-1-5(3-15)16(13,14)10-6-7-4-8-9-6/h4-5H,1-3H2,(H2,7,8,9,10). The van der Waals surface area contributed by atoms with Crippen LogP contribution in [0.4, 0.5) is 5.95 Å². The molecule has 0 saturated carbocycles. The zero-order valence-electron chi connectivity index (χ0n) is 8.12. The number of nitrogens with zero attached hydrogens (tertiary/aromatic N) is 2. The molecule has 1 aromatic rings. The highest BCUT2D eigenvalue weighted by Crippen LogP contribution is 2.19. The maximum absolute atomic E-state index is 11.7. The summed E-state index contributed by atoms with van der Waals surface area (Å²) < 4.78 is 47.9. The van der Waals surface area contributed by atoms with Crippen LogP contribution in [0.25, 0.3) is 0 Å². The molecule has 1 atom stereocenters. The molecular formula is C6H10N4O4S2. The Morgan fingerprint density at radius 2 is 2.25 bits per heavy atom. The molecule has 2 N–H and O–H groups in total. The van der Waals surface area contributed by atoms with Gasteiger partial charge in [-0.2, -0.15) is 10.1 Å². The lowest BCUT2D eigenvalue weighted by molar-refractivity contribution is 0.587. The van der Waals surface area contributed by atoms with Crippen LogP contribution in [-0.4, -0.2) is 48.8 Å². The van der Waals surface area contributed by atoms with Crippen molar-refractivity contribution in [2.45, 2.75) is 11.7 Å². The number of rotatable bonds is 3. The van der Waals surface area contributed by atoms with Gasteiger partial charge in [-0.15, -0.1) is 0 Å². The van der Waals surface area contributed by atoms with Crippen LogP contribution in [0.1, 0.15) is 6.42 Å². The van der Waals surface area contributed by atoms with Gasteiger partial charge >= 0.3 is 0 Å². The van der Waals surface area contributed by atoms with Gasteiger partial charge in [-0.05, 0) is 6.42 Å². The van der Waals surface area contributed by atoms with Gasteiger partial charge in [0.05, 0.1) is 16.8 Å². The van der Waals surface area contributed by atoms with E-state index >= 15 is 0 Å². The quantitative estimate of drug-likeness (QED) is 0.703. The van der Waals surface area contributed by atoms with Gasteiger partial charge in [0.2, 0.25) is 16.0 Å². The maximum Gasteiger partial charge on any atom is 0.238 e. The third-order valence-corrected chi connectivity index (χ3v) is 6.02. The number of sulfonamides is 1. The van der Waals surface area contributed by atoms with E-state index < -0.39 is 25.1 Å². The third kappa shape index (κ3) is 2.32. The highest BCUT2D eigenvalue weighted by Gasteiger charge is 2.37. The lowest BCUT2D eigenvalue weighted by Gasteiger charge is -2.09. The minimum absolute atomic E-state index is 0.00991. The number of hydrogen-bond acceptors (Lipinski definition) is 6. The van der Waals surface area contributed by atoms with E-state index in [0.717, 1.165) is 6.33 Å². The summed E-state index contributed by atoms with van der Waals surface area (Å²) >= 11 is 0. The molecule has 10 heteroatoms. The van der Waals surface area contributed by atoms with Gasteiger partial charge in [0.25, 0.3) is 0 Å². The van der Waals surface area contributed by atoms with Gasteiger partial charge in [0.1, 0.15) is 6.33 Å². The second-order valence-electron chi connectivity index (χ2n) is 3.51. The number of nitrogens with one attached hydrogen (secondary N) is 2. The van der Waals surface area contributed by atoms with Gasteiger partial charge in [-0.3, -0.25) is 4.72 Å². The van der Waals surface area contributed by atoms with Crippen LogP contribution in [0.2, 0.25) is 0 Å². The van der Waals surface area contributed by atoms with Crippen molar-refractivity contribution < 1.29 is 16.8 Å². The van der Waals surface area contributed by atoms with Gasteiger partial charge in [-0.1, -0.05) is 0 Å². The lowest BCUT2D eigenvalue weighted by Crippen LogP contribution is -2.29. The van der Waals surface area contributed by atoms with Crippen molar-refractivity contribution in [3.63, 3.8) is 0 Å². The van der Waals surface area contributed by atoms with Gasteiger partial charge < -0.3 is 0 Å². The van der Waals surface area contributed by atoms with Crippen molar-refractivity contribution >= 4 is 25.8 Å². The molecule has 1 aliphatic heterocycles. The number of hydrogen-bond donors (Lipinski definition) is 2. The highest BCUT2D eigenvalue weighted by molar-refractivity contribution is 7.97. The molecule has 2 rings (SSSR count). The van der Waals surface area contributed by atoms with Crippen molar-refractivity contribution in [1.82, 2.24) is 15.2 Å². The SMILES string of the molecule is O=S1(=O)CCC(S(=O)(=O)Nc2ncn[nH]2)C1. The normalized spacial score (nSPS) is 24.4. The molecule has 90 valence electrons. The first-order chi connectivity index (χ1) is 7.39. The van der Waals surface area contributed by atoms with Gasteiger partial charge in [0, 0.05) is 0 Å². The molecule has 0 spiro atoms. The number of aromatic amines is 1. The van der Waals surface area contributed by atoms with E-state index in [0.29, 0.717) is 0 Å².